The summed E-state index contributed by atoms with van der Waals surface area (Å²) in [5, 5.41) is 0. The van der Waals surface area contributed by atoms with Gasteiger partial charge in [-0.05, 0) is 43.4 Å². The van der Waals surface area contributed by atoms with E-state index in [2.05, 4.69) is 39.8 Å². The van der Waals surface area contributed by atoms with Crippen LogP contribution in [-0.2, 0) is 11.2 Å². The molecule has 0 spiro atoms. The number of carbonyl (C=O) groups excluding carboxylic acids is 1. The molecule has 1 aromatic carbocycles. The average molecular weight is 473 g/mol. The summed E-state index contributed by atoms with van der Waals surface area (Å²) < 4.78 is 5.89. The van der Waals surface area contributed by atoms with Crippen LogP contribution >= 0.6 is 0 Å². The zero-order valence-corrected chi connectivity index (χ0v) is 23.3. The molecule has 0 aromatic heterocycles. The smallest absolute Gasteiger partial charge is 0.338 e. The standard InChI is InChI=1S/C32H56O2/c1-5-8-11-13-15-16-18-20-27-32(4,26-19-17-14-12-9-6-2)28-34-31(33)30-24-22-29(23-25-30)21-10-7-3/h22-25H,5-21,26-28H2,1-4H3. The maximum absolute atomic E-state index is 12.7. The minimum atomic E-state index is -0.160. The molecule has 1 unspecified atom stereocenters. The molecule has 0 radical (unpaired) electrons. The first-order valence-electron chi connectivity index (χ1n) is 14.8. The summed E-state index contributed by atoms with van der Waals surface area (Å²) in [6.07, 6.45) is 24.5. The van der Waals surface area contributed by atoms with Crippen molar-refractivity contribution in [1.29, 1.82) is 0 Å². The number of aryl methyl sites for hydroxylation is 1. The fourth-order valence-corrected chi connectivity index (χ4v) is 4.80. The summed E-state index contributed by atoms with van der Waals surface area (Å²) >= 11 is 0. The van der Waals surface area contributed by atoms with Crippen molar-refractivity contribution in [2.45, 2.75) is 150 Å². The van der Waals surface area contributed by atoms with Crippen LogP contribution in [0.25, 0.3) is 0 Å². The van der Waals surface area contributed by atoms with E-state index in [1.54, 1.807) is 0 Å². The van der Waals surface area contributed by atoms with E-state index in [0.717, 1.165) is 6.42 Å². The lowest BCUT2D eigenvalue weighted by molar-refractivity contribution is 0.0264. The second-order valence-electron chi connectivity index (χ2n) is 10.9. The summed E-state index contributed by atoms with van der Waals surface area (Å²) in [6.45, 7) is 9.66. The normalized spacial score (nSPS) is 13.1. The third-order valence-electron chi connectivity index (χ3n) is 7.33. The van der Waals surface area contributed by atoms with Crippen LogP contribution in [0.3, 0.4) is 0 Å². The van der Waals surface area contributed by atoms with Gasteiger partial charge < -0.3 is 4.74 Å². The van der Waals surface area contributed by atoms with Crippen molar-refractivity contribution < 1.29 is 9.53 Å². The highest BCUT2D eigenvalue weighted by Gasteiger charge is 2.26. The van der Waals surface area contributed by atoms with E-state index in [0.29, 0.717) is 12.2 Å². The molecule has 2 nitrogen and oxygen atoms in total. The van der Waals surface area contributed by atoms with Crippen molar-refractivity contribution in [3.8, 4) is 0 Å². The largest absolute Gasteiger partial charge is 0.462 e. The highest BCUT2D eigenvalue weighted by Crippen LogP contribution is 2.32. The van der Waals surface area contributed by atoms with E-state index in [1.807, 2.05) is 12.1 Å². The molecule has 0 saturated carbocycles. The van der Waals surface area contributed by atoms with Crippen LogP contribution in [0.1, 0.15) is 159 Å². The van der Waals surface area contributed by atoms with Crippen molar-refractivity contribution in [1.82, 2.24) is 0 Å². The molecule has 34 heavy (non-hydrogen) atoms. The Morgan fingerprint density at radius 2 is 1.09 bits per heavy atom. The number of hydrogen-bond donors (Lipinski definition) is 0. The fourth-order valence-electron chi connectivity index (χ4n) is 4.80. The summed E-state index contributed by atoms with van der Waals surface area (Å²) in [4.78, 5) is 12.7. The fraction of sp³-hybridized carbons (Fsp3) is 0.781. The summed E-state index contributed by atoms with van der Waals surface area (Å²) in [7, 11) is 0. The van der Waals surface area contributed by atoms with Crippen LogP contribution < -0.4 is 0 Å². The second kappa shape index (κ2) is 19.9. The lowest BCUT2D eigenvalue weighted by Gasteiger charge is -2.29. The lowest BCUT2D eigenvalue weighted by Crippen LogP contribution is -2.25. The van der Waals surface area contributed by atoms with Crippen LogP contribution in [0.15, 0.2) is 24.3 Å². The van der Waals surface area contributed by atoms with Crippen molar-refractivity contribution >= 4 is 5.97 Å². The van der Waals surface area contributed by atoms with E-state index >= 15 is 0 Å². The highest BCUT2D eigenvalue weighted by molar-refractivity contribution is 5.89. The molecule has 0 saturated heterocycles. The molecule has 0 fully saturated rings. The van der Waals surface area contributed by atoms with Gasteiger partial charge in [-0.3, -0.25) is 0 Å². The predicted molar refractivity (Wildman–Crippen MR) is 149 cm³/mol. The molecule has 0 amide bonds. The maximum atomic E-state index is 12.7. The molecule has 1 aromatic rings. The van der Waals surface area contributed by atoms with Gasteiger partial charge in [0.1, 0.15) is 0 Å². The minimum absolute atomic E-state index is 0.101. The zero-order chi connectivity index (χ0) is 24.9. The molecule has 0 aliphatic rings. The van der Waals surface area contributed by atoms with Gasteiger partial charge in [0, 0.05) is 5.41 Å². The van der Waals surface area contributed by atoms with E-state index < -0.39 is 0 Å². The Bertz CT molecular complexity index is 606. The monoisotopic (exact) mass is 472 g/mol. The van der Waals surface area contributed by atoms with Gasteiger partial charge in [0.2, 0.25) is 0 Å². The van der Waals surface area contributed by atoms with Gasteiger partial charge in [0.25, 0.3) is 0 Å². The minimum Gasteiger partial charge on any atom is -0.462 e. The first-order chi connectivity index (χ1) is 16.5. The SMILES string of the molecule is CCCCCCCCCCC(C)(CCCCCCCC)COC(=O)c1ccc(CCCC)cc1. The number of rotatable bonds is 22. The van der Waals surface area contributed by atoms with Crippen LogP contribution in [0.5, 0.6) is 0 Å². The van der Waals surface area contributed by atoms with Gasteiger partial charge in [-0.1, -0.05) is 136 Å². The number of hydrogen-bond acceptors (Lipinski definition) is 2. The Hall–Kier alpha value is -1.31. The van der Waals surface area contributed by atoms with Gasteiger partial charge in [0.05, 0.1) is 12.2 Å². The second-order valence-corrected chi connectivity index (χ2v) is 10.9. The van der Waals surface area contributed by atoms with Crippen molar-refractivity contribution in [2.24, 2.45) is 5.41 Å². The molecular weight excluding hydrogens is 416 g/mol. The van der Waals surface area contributed by atoms with Gasteiger partial charge in [0.15, 0.2) is 0 Å². The maximum Gasteiger partial charge on any atom is 0.338 e. The first kappa shape index (κ1) is 30.7. The number of benzene rings is 1. The molecule has 1 rings (SSSR count). The van der Waals surface area contributed by atoms with Gasteiger partial charge in [-0.25, -0.2) is 4.79 Å². The topological polar surface area (TPSA) is 26.3 Å². The molecule has 2 heteroatoms. The van der Waals surface area contributed by atoms with Gasteiger partial charge >= 0.3 is 5.97 Å². The molecule has 0 N–H and O–H groups in total. The molecule has 0 bridgehead atoms. The Labute approximate surface area is 212 Å². The number of unbranched alkanes of at least 4 members (excludes halogenated alkanes) is 13. The predicted octanol–water partition coefficient (Wildman–Crippen LogP) is 10.5. The zero-order valence-electron chi connectivity index (χ0n) is 23.3. The van der Waals surface area contributed by atoms with Crippen molar-refractivity contribution in [3.63, 3.8) is 0 Å². The summed E-state index contributed by atoms with van der Waals surface area (Å²) in [6, 6.07) is 8.05. The third-order valence-corrected chi connectivity index (χ3v) is 7.33. The van der Waals surface area contributed by atoms with Gasteiger partial charge in [-0.2, -0.15) is 0 Å². The number of carbonyl (C=O) groups is 1. The molecule has 0 heterocycles. The highest BCUT2D eigenvalue weighted by atomic mass is 16.5. The van der Waals surface area contributed by atoms with Crippen molar-refractivity contribution in [2.75, 3.05) is 6.61 Å². The molecule has 0 aliphatic carbocycles. The van der Waals surface area contributed by atoms with Crippen LogP contribution in [0.2, 0.25) is 0 Å². The van der Waals surface area contributed by atoms with Crippen LogP contribution in [-0.4, -0.2) is 12.6 Å². The quantitative estimate of drug-likeness (QED) is 0.124. The van der Waals surface area contributed by atoms with E-state index in [9.17, 15) is 4.79 Å². The number of esters is 1. The van der Waals surface area contributed by atoms with E-state index in [4.69, 9.17) is 4.74 Å². The Kier molecular flexibility index (Phi) is 18.0. The molecule has 0 aliphatic heterocycles. The summed E-state index contributed by atoms with van der Waals surface area (Å²) in [5.41, 5.74) is 2.10. The molecular formula is C32H56O2. The summed E-state index contributed by atoms with van der Waals surface area (Å²) in [5.74, 6) is -0.160. The van der Waals surface area contributed by atoms with Crippen LogP contribution in [0.4, 0.5) is 0 Å². The molecule has 196 valence electrons. The van der Waals surface area contributed by atoms with Gasteiger partial charge in [-0.15, -0.1) is 0 Å². The molecule has 1 atom stereocenters. The van der Waals surface area contributed by atoms with Crippen molar-refractivity contribution in [3.05, 3.63) is 35.4 Å². The third kappa shape index (κ3) is 14.8. The first-order valence-corrected chi connectivity index (χ1v) is 14.8. The van der Waals surface area contributed by atoms with E-state index in [1.165, 1.54) is 121 Å². The average Bonchev–Trinajstić information content (AvgIpc) is 2.85. The Morgan fingerprint density at radius 3 is 1.56 bits per heavy atom. The lowest BCUT2D eigenvalue weighted by atomic mass is 9.80. The Morgan fingerprint density at radius 1 is 0.647 bits per heavy atom. The van der Waals surface area contributed by atoms with E-state index in [-0.39, 0.29) is 11.4 Å². The number of ether oxygens (including phenoxy) is 1. The Balaban J connectivity index is 2.49. The van der Waals surface area contributed by atoms with Crippen LogP contribution in [0, 0.1) is 5.41 Å².